The highest BCUT2D eigenvalue weighted by Gasteiger charge is 2.11. The zero-order valence-corrected chi connectivity index (χ0v) is 7.30. The highest BCUT2D eigenvalue weighted by atomic mass is 79.9. The lowest BCUT2D eigenvalue weighted by Crippen LogP contribution is -2.15. The zero-order chi connectivity index (χ0) is 7.40. The Bertz CT molecular complexity index is 134. The predicted octanol–water partition coefficient (Wildman–Crippen LogP) is 1.44. The summed E-state index contributed by atoms with van der Waals surface area (Å²) in [5, 5.41) is 9.89. The molecule has 0 aliphatic carbocycles. The first-order valence-corrected chi connectivity index (χ1v) is 4.51. The molecule has 10 heavy (non-hydrogen) atoms. The van der Waals surface area contributed by atoms with E-state index in [9.17, 15) is 5.11 Å². The first-order chi connectivity index (χ1) is 4.84. The lowest BCUT2D eigenvalue weighted by Gasteiger charge is -2.16. The van der Waals surface area contributed by atoms with Crippen molar-refractivity contribution in [2.24, 2.45) is 0 Å². The average Bonchev–Trinajstić information content (AvgIpc) is 2.05. The molecule has 0 aromatic rings. The summed E-state index contributed by atoms with van der Waals surface area (Å²) in [5.41, 5.74) is 1.00. The summed E-state index contributed by atoms with van der Waals surface area (Å²) in [4.78, 5) is 0. The number of aliphatic hydroxyl groups excluding tert-OH is 1. The molecular formula is C7H11BrO2. The third-order valence-electron chi connectivity index (χ3n) is 1.54. The van der Waals surface area contributed by atoms with Gasteiger partial charge in [-0.15, -0.1) is 0 Å². The van der Waals surface area contributed by atoms with Crippen LogP contribution in [0, 0.1) is 0 Å². The summed E-state index contributed by atoms with van der Waals surface area (Å²) in [6.07, 6.45) is 3.30. The molecule has 1 heterocycles. The van der Waals surface area contributed by atoms with E-state index in [-0.39, 0.29) is 6.10 Å². The first kappa shape index (κ1) is 8.08. The molecule has 1 rings (SSSR count). The Labute approximate surface area is 69.0 Å². The quantitative estimate of drug-likeness (QED) is 0.694. The van der Waals surface area contributed by atoms with E-state index in [1.54, 1.807) is 6.26 Å². The van der Waals surface area contributed by atoms with Crippen molar-refractivity contribution in [2.75, 3.05) is 11.9 Å². The van der Waals surface area contributed by atoms with Gasteiger partial charge in [0.25, 0.3) is 0 Å². The van der Waals surface area contributed by atoms with Crippen LogP contribution in [0.1, 0.15) is 12.8 Å². The third kappa shape index (κ3) is 1.99. The van der Waals surface area contributed by atoms with Gasteiger partial charge in [-0.2, -0.15) is 0 Å². The number of hydrogen-bond acceptors (Lipinski definition) is 2. The Morgan fingerprint density at radius 1 is 1.80 bits per heavy atom. The van der Waals surface area contributed by atoms with Crippen molar-refractivity contribution >= 4 is 15.9 Å². The minimum Gasteiger partial charge on any atom is -0.501 e. The average molecular weight is 207 g/mol. The van der Waals surface area contributed by atoms with Gasteiger partial charge in [-0.1, -0.05) is 15.9 Å². The van der Waals surface area contributed by atoms with Crippen molar-refractivity contribution in [3.05, 3.63) is 11.8 Å². The fourth-order valence-electron chi connectivity index (χ4n) is 0.929. The number of halogens is 1. The van der Waals surface area contributed by atoms with E-state index in [0.29, 0.717) is 5.33 Å². The van der Waals surface area contributed by atoms with Crippen LogP contribution in [0.2, 0.25) is 0 Å². The summed E-state index contributed by atoms with van der Waals surface area (Å²) < 4.78 is 5.06. The van der Waals surface area contributed by atoms with Gasteiger partial charge in [-0.05, 0) is 18.4 Å². The molecule has 0 radical (unpaired) electrons. The summed E-state index contributed by atoms with van der Waals surface area (Å²) in [6, 6.07) is 0. The summed E-state index contributed by atoms with van der Waals surface area (Å²) in [7, 11) is 0. The normalized spacial score (nSPS) is 21.2. The van der Waals surface area contributed by atoms with Crippen LogP contribution in [-0.2, 0) is 4.74 Å². The molecule has 0 bridgehead atoms. The molecule has 0 spiro atoms. The Morgan fingerprint density at radius 3 is 3.10 bits per heavy atom. The van der Waals surface area contributed by atoms with Crippen molar-refractivity contribution in [1.82, 2.24) is 0 Å². The minimum absolute atomic E-state index is 0.361. The van der Waals surface area contributed by atoms with Gasteiger partial charge in [0, 0.05) is 5.33 Å². The second-order valence-electron chi connectivity index (χ2n) is 2.34. The molecule has 0 aromatic carbocycles. The van der Waals surface area contributed by atoms with Crippen LogP contribution < -0.4 is 0 Å². The minimum atomic E-state index is -0.361. The van der Waals surface area contributed by atoms with Crippen molar-refractivity contribution in [2.45, 2.75) is 18.9 Å². The molecule has 0 saturated carbocycles. The molecule has 1 aliphatic rings. The van der Waals surface area contributed by atoms with Crippen LogP contribution in [0.5, 0.6) is 0 Å². The van der Waals surface area contributed by atoms with Gasteiger partial charge < -0.3 is 9.84 Å². The van der Waals surface area contributed by atoms with Gasteiger partial charge in [0.15, 0.2) is 0 Å². The summed E-state index contributed by atoms with van der Waals surface area (Å²) in [6.45, 7) is 0.790. The zero-order valence-electron chi connectivity index (χ0n) is 5.72. The van der Waals surface area contributed by atoms with Gasteiger partial charge in [0.1, 0.15) is 0 Å². The second-order valence-corrected chi connectivity index (χ2v) is 2.98. The van der Waals surface area contributed by atoms with E-state index in [1.807, 2.05) is 0 Å². The van der Waals surface area contributed by atoms with Crippen molar-refractivity contribution in [3.63, 3.8) is 0 Å². The summed E-state index contributed by atoms with van der Waals surface area (Å²) in [5.74, 6) is 0. The first-order valence-electron chi connectivity index (χ1n) is 3.39. The fourth-order valence-corrected chi connectivity index (χ4v) is 1.34. The van der Waals surface area contributed by atoms with Gasteiger partial charge in [-0.3, -0.25) is 0 Å². The van der Waals surface area contributed by atoms with E-state index in [1.165, 1.54) is 0 Å². The largest absolute Gasteiger partial charge is 0.501 e. The molecule has 0 aromatic heterocycles. The molecule has 1 N–H and O–H groups in total. The van der Waals surface area contributed by atoms with E-state index < -0.39 is 0 Å². The van der Waals surface area contributed by atoms with Gasteiger partial charge in [0.05, 0.1) is 19.0 Å². The lowest BCUT2D eigenvalue weighted by atomic mass is 10.1. The molecule has 58 valence electrons. The van der Waals surface area contributed by atoms with Gasteiger partial charge in [0.2, 0.25) is 0 Å². The Kier molecular flexibility index (Phi) is 3.22. The van der Waals surface area contributed by atoms with Crippen LogP contribution in [-0.4, -0.2) is 23.1 Å². The van der Waals surface area contributed by atoms with Gasteiger partial charge in [-0.25, -0.2) is 0 Å². The topological polar surface area (TPSA) is 29.5 Å². The molecule has 0 saturated heterocycles. The fraction of sp³-hybridized carbons (Fsp3) is 0.714. The Balaban J connectivity index is 2.44. The molecule has 0 amide bonds. The Morgan fingerprint density at radius 2 is 2.60 bits per heavy atom. The van der Waals surface area contributed by atoms with E-state index in [4.69, 9.17) is 4.74 Å². The monoisotopic (exact) mass is 206 g/mol. The maximum absolute atomic E-state index is 9.29. The van der Waals surface area contributed by atoms with Crippen LogP contribution in [0.25, 0.3) is 0 Å². The highest BCUT2D eigenvalue weighted by Crippen LogP contribution is 2.16. The van der Waals surface area contributed by atoms with E-state index in [0.717, 1.165) is 25.0 Å². The number of rotatable bonds is 2. The molecular weight excluding hydrogens is 196 g/mol. The van der Waals surface area contributed by atoms with Crippen LogP contribution in [0.3, 0.4) is 0 Å². The van der Waals surface area contributed by atoms with Crippen molar-refractivity contribution in [3.8, 4) is 0 Å². The molecule has 2 nitrogen and oxygen atoms in total. The van der Waals surface area contributed by atoms with Crippen LogP contribution in [0.4, 0.5) is 0 Å². The maximum atomic E-state index is 9.29. The van der Waals surface area contributed by atoms with Crippen LogP contribution in [0.15, 0.2) is 11.8 Å². The highest BCUT2D eigenvalue weighted by molar-refractivity contribution is 9.09. The standard InChI is InChI=1S/C7H11BrO2/c8-4-7(9)6-2-1-3-10-5-6/h5,7,9H,1-4H2. The smallest absolute Gasteiger partial charge is 0.0879 e. The molecule has 3 heteroatoms. The number of ether oxygens (including phenoxy) is 1. The molecule has 1 atom stereocenters. The van der Waals surface area contributed by atoms with Gasteiger partial charge >= 0.3 is 0 Å². The third-order valence-corrected chi connectivity index (χ3v) is 2.15. The predicted molar refractivity (Wildman–Crippen MR) is 43.1 cm³/mol. The second kappa shape index (κ2) is 3.98. The van der Waals surface area contributed by atoms with E-state index in [2.05, 4.69) is 15.9 Å². The van der Waals surface area contributed by atoms with Crippen molar-refractivity contribution < 1.29 is 9.84 Å². The molecule has 1 aliphatic heterocycles. The Hall–Kier alpha value is -0.0200. The summed E-state index contributed by atoms with van der Waals surface area (Å²) >= 11 is 3.20. The SMILES string of the molecule is OC(CBr)C1=COCCC1. The number of hydrogen-bond donors (Lipinski definition) is 1. The number of aliphatic hydroxyl groups is 1. The molecule has 1 unspecified atom stereocenters. The van der Waals surface area contributed by atoms with Crippen LogP contribution >= 0.6 is 15.9 Å². The molecule has 0 fully saturated rings. The maximum Gasteiger partial charge on any atom is 0.0879 e. The number of alkyl halides is 1. The van der Waals surface area contributed by atoms with E-state index >= 15 is 0 Å². The van der Waals surface area contributed by atoms with Crippen molar-refractivity contribution in [1.29, 1.82) is 0 Å². The lowest BCUT2D eigenvalue weighted by molar-refractivity contribution is 0.182.